The molecule has 1 aliphatic carbocycles. The highest BCUT2D eigenvalue weighted by Gasteiger charge is 2.31. The maximum atomic E-state index is 13.8. The number of urea groups is 1. The molecule has 2 fully saturated rings. The lowest BCUT2D eigenvalue weighted by Gasteiger charge is -2.33. The maximum absolute atomic E-state index is 13.8. The van der Waals surface area contributed by atoms with Crippen molar-refractivity contribution in [3.63, 3.8) is 0 Å². The molecule has 4 rings (SSSR count). The van der Waals surface area contributed by atoms with Crippen molar-refractivity contribution in [2.75, 3.05) is 91.6 Å². The van der Waals surface area contributed by atoms with Crippen molar-refractivity contribution >= 4 is 70.3 Å². The molecule has 1 aliphatic heterocycles. The van der Waals surface area contributed by atoms with Gasteiger partial charge in [-0.25, -0.2) is 14.4 Å². The van der Waals surface area contributed by atoms with Crippen LogP contribution in [0.3, 0.4) is 0 Å². The summed E-state index contributed by atoms with van der Waals surface area (Å²) < 4.78 is 0. The molecule has 0 radical (unpaired) electrons. The van der Waals surface area contributed by atoms with Gasteiger partial charge in [0.2, 0.25) is 23.6 Å². The van der Waals surface area contributed by atoms with E-state index in [1.165, 1.54) is 0 Å². The second kappa shape index (κ2) is 30.9. The van der Waals surface area contributed by atoms with Gasteiger partial charge >= 0.3 is 35.9 Å². The third kappa shape index (κ3) is 22.4. The summed E-state index contributed by atoms with van der Waals surface area (Å²) >= 11 is 0. The minimum atomic E-state index is -1.55. The zero-order valence-electron chi connectivity index (χ0n) is 41.6. The van der Waals surface area contributed by atoms with E-state index < -0.39 is 84.6 Å². The van der Waals surface area contributed by atoms with Gasteiger partial charge in [0.25, 0.3) is 0 Å². The number of unbranched alkanes of at least 4 members (excludes halogenated alkanes) is 1. The smallest absolute Gasteiger partial charge is 0.326 e. The lowest BCUT2D eigenvalue weighted by atomic mass is 9.81. The fraction of sp³-hybridized carbons (Fsp3) is 0.592. The van der Waals surface area contributed by atoms with E-state index in [2.05, 4.69) is 26.6 Å². The first kappa shape index (κ1) is 59.6. The first-order chi connectivity index (χ1) is 35.2. The van der Waals surface area contributed by atoms with E-state index in [1.807, 2.05) is 47.4 Å². The summed E-state index contributed by atoms with van der Waals surface area (Å²) in [5.41, 5.74) is 6.24. The average molecular weight is 1040 g/mol. The quantitative estimate of drug-likeness (QED) is 0.0479. The molecular weight excluding hydrogens is 969 g/mol. The predicted molar refractivity (Wildman–Crippen MR) is 267 cm³/mol. The number of rotatable bonds is 27. The van der Waals surface area contributed by atoms with Crippen LogP contribution in [0, 0.1) is 11.8 Å². The number of hydrogen-bond donors (Lipinski definition) is 11. The highest BCUT2D eigenvalue weighted by molar-refractivity contribution is 5.90. The van der Waals surface area contributed by atoms with Crippen LogP contribution in [-0.4, -0.2) is 214 Å². The number of hydrogen-bond acceptors (Lipinski definition) is 14. The Labute approximate surface area is 428 Å². The molecule has 1 heterocycles. The van der Waals surface area contributed by atoms with Crippen molar-refractivity contribution in [3.05, 3.63) is 48.0 Å². The summed E-state index contributed by atoms with van der Waals surface area (Å²) in [6.45, 7) is 2.43. The van der Waals surface area contributed by atoms with E-state index in [9.17, 15) is 68.4 Å². The normalized spacial score (nSPS) is 18.8. The zero-order valence-corrected chi connectivity index (χ0v) is 41.6. The van der Waals surface area contributed by atoms with Crippen LogP contribution >= 0.6 is 0 Å². The number of nitrogens with two attached hydrogens (primary N) is 1. The maximum Gasteiger partial charge on any atom is 0.326 e. The number of primary amides is 1. The lowest BCUT2D eigenvalue weighted by Crippen LogP contribution is -2.51. The van der Waals surface area contributed by atoms with Crippen LogP contribution in [-0.2, 0) is 49.6 Å². The molecule has 6 amide bonds. The third-order valence-corrected chi connectivity index (χ3v) is 13.2. The second-order valence-electron chi connectivity index (χ2n) is 18.9. The summed E-state index contributed by atoms with van der Waals surface area (Å²) in [6, 6.07) is 8.47. The summed E-state index contributed by atoms with van der Waals surface area (Å²) in [5, 5.41) is 62.0. The molecule has 74 heavy (non-hydrogen) atoms. The van der Waals surface area contributed by atoms with Gasteiger partial charge in [-0.2, -0.15) is 0 Å². The number of nitrogens with one attached hydrogen (secondary N) is 5. The highest BCUT2D eigenvalue weighted by atomic mass is 16.4. The number of fused-ring (bicyclic) bond motifs is 1. The van der Waals surface area contributed by atoms with Gasteiger partial charge in [-0.1, -0.05) is 42.5 Å². The van der Waals surface area contributed by atoms with E-state index in [4.69, 9.17) is 10.8 Å². The highest BCUT2D eigenvalue weighted by Crippen LogP contribution is 2.29. The fourth-order valence-electron chi connectivity index (χ4n) is 9.01. The summed E-state index contributed by atoms with van der Waals surface area (Å²) in [4.78, 5) is 130. The molecule has 3 unspecified atom stereocenters. The number of aliphatic carboxylic acids is 5. The van der Waals surface area contributed by atoms with Crippen LogP contribution in [0.15, 0.2) is 42.5 Å². The molecule has 12 N–H and O–H groups in total. The van der Waals surface area contributed by atoms with Gasteiger partial charge in [0.1, 0.15) is 18.1 Å². The predicted octanol–water partition coefficient (Wildman–Crippen LogP) is -0.977. The summed E-state index contributed by atoms with van der Waals surface area (Å²) in [6.07, 6.45) is 1.96. The van der Waals surface area contributed by atoms with Gasteiger partial charge in [0.05, 0.1) is 26.2 Å². The Morgan fingerprint density at radius 2 is 1.09 bits per heavy atom. The molecule has 1 saturated heterocycles. The van der Waals surface area contributed by atoms with Crippen LogP contribution in [0.1, 0.15) is 63.4 Å². The standard InChI is InChI=1S/C49H72N10O15/c50-40(60)28-56-17-21-58(30-43(64)65)23-19-57(20-24-59(22-18-56)31-44(66)67)29-41(61)52-27-32-8-12-35(13-9-32)45(68)53-39(26-33-10-11-34-5-1-2-6-36(34)25-33)46(69)51-16-4-3-7-37(47(70)71)54-49(74)55-38(48(72)73)14-15-42(62)63/h1-2,5-6,10-11,25,32,35,37-39H,3-4,7-9,12-24,26-31H2,(H2,50,60)(H,51,69)(H,52,61)(H,53,68)(H,62,63)(H,64,65)(H,66,67)(H,70,71)(H,72,73)(H2,54,55,74). The van der Waals surface area contributed by atoms with Gasteiger partial charge < -0.3 is 57.9 Å². The van der Waals surface area contributed by atoms with Gasteiger partial charge in [0, 0.05) is 84.2 Å². The lowest BCUT2D eigenvalue weighted by molar-refractivity contribution is -0.141. The molecule has 3 atom stereocenters. The molecule has 2 aromatic rings. The van der Waals surface area contributed by atoms with E-state index in [0.29, 0.717) is 91.0 Å². The van der Waals surface area contributed by atoms with Crippen molar-refractivity contribution in [2.45, 2.75) is 82.3 Å². The number of carboxylic acids is 5. The van der Waals surface area contributed by atoms with Crippen molar-refractivity contribution < 1.29 is 73.5 Å². The van der Waals surface area contributed by atoms with E-state index in [-0.39, 0.29) is 69.7 Å². The van der Waals surface area contributed by atoms with Crippen molar-refractivity contribution in [3.8, 4) is 0 Å². The van der Waals surface area contributed by atoms with Crippen LogP contribution in [0.2, 0.25) is 0 Å². The van der Waals surface area contributed by atoms with E-state index in [0.717, 1.165) is 16.3 Å². The van der Waals surface area contributed by atoms with Crippen molar-refractivity contribution in [1.82, 2.24) is 46.2 Å². The second-order valence-corrected chi connectivity index (χ2v) is 18.9. The van der Waals surface area contributed by atoms with E-state index in [1.54, 1.807) is 14.7 Å². The molecule has 408 valence electrons. The molecule has 0 bridgehead atoms. The molecule has 1 saturated carbocycles. The number of benzene rings is 2. The summed E-state index contributed by atoms with van der Waals surface area (Å²) in [7, 11) is 0. The average Bonchev–Trinajstić information content (AvgIpc) is 3.34. The number of carbonyl (C=O) groups excluding carboxylic acids is 5. The molecule has 0 aromatic heterocycles. The number of carboxylic acid groups (broad SMARTS) is 5. The molecule has 2 aromatic carbocycles. The molecule has 25 nitrogen and oxygen atoms in total. The Kier molecular flexibility index (Phi) is 24.9. The summed E-state index contributed by atoms with van der Waals surface area (Å²) in [5.74, 6) is -8.07. The van der Waals surface area contributed by atoms with Gasteiger partial charge in [0.15, 0.2) is 0 Å². The number of amides is 6. The molecule has 2 aliphatic rings. The van der Waals surface area contributed by atoms with Crippen molar-refractivity contribution in [2.24, 2.45) is 17.6 Å². The van der Waals surface area contributed by atoms with Crippen LogP contribution in [0.25, 0.3) is 10.8 Å². The van der Waals surface area contributed by atoms with E-state index >= 15 is 0 Å². The molecular formula is C49H72N10O15. The SMILES string of the molecule is NC(=O)CN1CCN(CC(=O)O)CCN(CC(=O)NCC2CCC(C(=O)NC(Cc3ccc4ccccc4c3)C(=O)NCCCCC(NC(=O)NC(CCC(=O)O)C(=O)O)C(=O)O)CC2)CCN(CC(=O)O)CC1. The minimum absolute atomic E-state index is 0.0117. The Bertz CT molecular complexity index is 2230. The first-order valence-electron chi connectivity index (χ1n) is 24.9. The third-order valence-electron chi connectivity index (χ3n) is 13.2. The van der Waals surface area contributed by atoms with Gasteiger partial charge in [-0.05, 0) is 73.6 Å². The van der Waals surface area contributed by atoms with Crippen LogP contribution in [0.4, 0.5) is 4.79 Å². The Morgan fingerprint density at radius 1 is 0.568 bits per heavy atom. The minimum Gasteiger partial charge on any atom is -0.481 e. The molecule has 25 heteroatoms. The van der Waals surface area contributed by atoms with Crippen LogP contribution in [0.5, 0.6) is 0 Å². The van der Waals surface area contributed by atoms with Gasteiger partial charge in [-0.15, -0.1) is 0 Å². The van der Waals surface area contributed by atoms with Crippen LogP contribution < -0.4 is 32.3 Å². The largest absolute Gasteiger partial charge is 0.481 e. The van der Waals surface area contributed by atoms with Crippen molar-refractivity contribution in [1.29, 1.82) is 0 Å². The first-order valence-corrected chi connectivity index (χ1v) is 24.9. The van der Waals surface area contributed by atoms with Gasteiger partial charge in [-0.3, -0.25) is 53.2 Å². The Hall–Kier alpha value is -6.96. The Morgan fingerprint density at radius 3 is 1.62 bits per heavy atom. The number of carbonyl (C=O) groups is 10. The zero-order chi connectivity index (χ0) is 54.2. The monoisotopic (exact) mass is 1040 g/mol. The fourth-order valence-corrected chi connectivity index (χ4v) is 9.01. The topological polar surface area (TPSA) is 371 Å². The Balaban J connectivity index is 1.30. The molecule has 0 spiro atoms. The number of nitrogens with zero attached hydrogens (tertiary/aromatic N) is 4.